The molecule has 3 rings (SSSR count). The second kappa shape index (κ2) is 7.57. The van der Waals surface area contributed by atoms with Gasteiger partial charge in [-0.05, 0) is 35.9 Å². The van der Waals surface area contributed by atoms with Gasteiger partial charge in [-0.1, -0.05) is 30.3 Å². The van der Waals surface area contributed by atoms with Gasteiger partial charge in [0.25, 0.3) is 0 Å². The third kappa shape index (κ3) is 4.08. The van der Waals surface area contributed by atoms with Crippen molar-refractivity contribution in [2.45, 2.75) is 13.2 Å². The smallest absolute Gasteiger partial charge is 0.223 e. The average molecular weight is 324 g/mol. The molecule has 3 aromatic rings. The molecule has 1 heterocycles. The van der Waals surface area contributed by atoms with Crippen molar-refractivity contribution in [3.63, 3.8) is 0 Å². The van der Waals surface area contributed by atoms with Gasteiger partial charge in [0.1, 0.15) is 23.9 Å². The molecule has 0 spiro atoms. The van der Waals surface area contributed by atoms with Crippen LogP contribution in [0.4, 0.5) is 4.39 Å². The van der Waals surface area contributed by atoms with Crippen molar-refractivity contribution >= 4 is 0 Å². The lowest BCUT2D eigenvalue weighted by atomic mass is 10.2. The van der Waals surface area contributed by atoms with Gasteiger partial charge in [-0.15, -0.1) is 0 Å². The molecule has 1 aromatic heterocycles. The third-order valence-electron chi connectivity index (χ3n) is 3.40. The van der Waals surface area contributed by atoms with E-state index in [1.54, 1.807) is 12.1 Å². The highest BCUT2D eigenvalue weighted by Gasteiger charge is 2.07. The van der Waals surface area contributed by atoms with E-state index in [0.717, 1.165) is 17.5 Å². The van der Waals surface area contributed by atoms with Crippen LogP contribution in [0.15, 0.2) is 66.9 Å². The maximum Gasteiger partial charge on any atom is 0.223 e. The first kappa shape index (κ1) is 16.0. The molecule has 0 aliphatic rings. The van der Waals surface area contributed by atoms with Gasteiger partial charge in [-0.2, -0.15) is 0 Å². The Morgan fingerprint density at radius 2 is 1.67 bits per heavy atom. The Labute approximate surface area is 139 Å². The Balaban J connectivity index is 1.64. The summed E-state index contributed by atoms with van der Waals surface area (Å²) in [5.74, 6) is 1.18. The number of nitrogens with zero attached hydrogens (tertiary/aromatic N) is 1. The van der Waals surface area contributed by atoms with Gasteiger partial charge < -0.3 is 15.2 Å². The molecule has 2 aromatic carbocycles. The van der Waals surface area contributed by atoms with Crippen LogP contribution < -0.4 is 15.2 Å². The number of benzene rings is 2. The van der Waals surface area contributed by atoms with Crippen LogP contribution in [0.5, 0.6) is 17.4 Å². The Hall–Kier alpha value is -2.92. The average Bonchev–Trinajstić information content (AvgIpc) is 2.63. The highest BCUT2D eigenvalue weighted by molar-refractivity contribution is 5.36. The Bertz CT molecular complexity index is 792. The predicted octanol–water partition coefficient (Wildman–Crippen LogP) is 4.05. The predicted molar refractivity (Wildman–Crippen MR) is 89.4 cm³/mol. The number of rotatable bonds is 6. The first-order valence-electron chi connectivity index (χ1n) is 7.54. The van der Waals surface area contributed by atoms with Crippen molar-refractivity contribution in [1.29, 1.82) is 0 Å². The number of aromatic nitrogens is 1. The molecular formula is C19H17FN2O2. The summed E-state index contributed by atoms with van der Waals surface area (Å²) in [6.07, 6.45) is 1.10. The minimum atomic E-state index is -0.438. The number of hydrogen-bond donors (Lipinski definition) is 1. The van der Waals surface area contributed by atoms with E-state index in [2.05, 4.69) is 4.98 Å². The highest BCUT2D eigenvalue weighted by atomic mass is 19.1. The topological polar surface area (TPSA) is 57.4 Å². The quantitative estimate of drug-likeness (QED) is 0.743. The molecule has 0 saturated carbocycles. The zero-order valence-electron chi connectivity index (χ0n) is 13.0. The lowest BCUT2D eigenvalue weighted by Gasteiger charge is -2.10. The minimum absolute atomic E-state index is 0.151. The summed E-state index contributed by atoms with van der Waals surface area (Å²) in [7, 11) is 0. The molecule has 0 fully saturated rings. The SMILES string of the molecule is NCc1cc(F)cnc1Oc1ccc(OCc2ccccc2)cc1. The van der Waals surface area contributed by atoms with Gasteiger partial charge >= 0.3 is 0 Å². The van der Waals surface area contributed by atoms with Crippen LogP contribution >= 0.6 is 0 Å². The van der Waals surface area contributed by atoms with Crippen molar-refractivity contribution in [1.82, 2.24) is 4.98 Å². The van der Waals surface area contributed by atoms with Gasteiger partial charge in [0.05, 0.1) is 6.20 Å². The van der Waals surface area contributed by atoms with Crippen LogP contribution in [0, 0.1) is 5.82 Å². The summed E-state index contributed by atoms with van der Waals surface area (Å²) in [5.41, 5.74) is 7.20. The highest BCUT2D eigenvalue weighted by Crippen LogP contribution is 2.25. The van der Waals surface area contributed by atoms with Crippen LogP contribution in [0.25, 0.3) is 0 Å². The Morgan fingerprint density at radius 3 is 2.38 bits per heavy atom. The van der Waals surface area contributed by atoms with Crippen molar-refractivity contribution in [2.24, 2.45) is 5.73 Å². The number of hydrogen-bond acceptors (Lipinski definition) is 4. The third-order valence-corrected chi connectivity index (χ3v) is 3.40. The van der Waals surface area contributed by atoms with Crippen molar-refractivity contribution < 1.29 is 13.9 Å². The fourth-order valence-corrected chi connectivity index (χ4v) is 2.16. The molecule has 4 nitrogen and oxygen atoms in total. The van der Waals surface area contributed by atoms with E-state index in [-0.39, 0.29) is 6.54 Å². The summed E-state index contributed by atoms with van der Waals surface area (Å²) >= 11 is 0. The molecule has 0 saturated heterocycles. The molecule has 5 heteroatoms. The van der Waals surface area contributed by atoms with Crippen LogP contribution in [0.2, 0.25) is 0 Å². The molecule has 0 atom stereocenters. The van der Waals surface area contributed by atoms with E-state index in [4.69, 9.17) is 15.2 Å². The monoisotopic (exact) mass is 324 g/mol. The molecule has 0 unspecified atom stereocenters. The summed E-state index contributed by atoms with van der Waals surface area (Å²) < 4.78 is 24.5. The first-order chi connectivity index (χ1) is 11.7. The van der Waals surface area contributed by atoms with E-state index in [0.29, 0.717) is 23.8 Å². The number of nitrogens with two attached hydrogens (primary N) is 1. The van der Waals surface area contributed by atoms with Gasteiger partial charge in [0.2, 0.25) is 5.88 Å². The lowest BCUT2D eigenvalue weighted by molar-refractivity contribution is 0.305. The number of ether oxygens (including phenoxy) is 2. The number of pyridine rings is 1. The standard InChI is InChI=1S/C19H17FN2O2/c20-16-10-15(11-21)19(22-12-16)24-18-8-6-17(7-9-18)23-13-14-4-2-1-3-5-14/h1-10,12H,11,13,21H2. The molecule has 0 aliphatic carbocycles. The summed E-state index contributed by atoms with van der Waals surface area (Å²) in [5, 5.41) is 0. The van der Waals surface area contributed by atoms with Crippen LogP contribution in [0.3, 0.4) is 0 Å². The molecule has 2 N–H and O–H groups in total. The molecule has 0 radical (unpaired) electrons. The molecule has 24 heavy (non-hydrogen) atoms. The molecule has 0 amide bonds. The Kier molecular flexibility index (Phi) is 5.03. The van der Waals surface area contributed by atoms with Crippen molar-refractivity contribution in [3.05, 3.63) is 83.8 Å². The molecule has 122 valence electrons. The molecule has 0 aliphatic heterocycles. The molecule has 0 bridgehead atoms. The molecular weight excluding hydrogens is 307 g/mol. The maximum atomic E-state index is 13.2. The normalized spacial score (nSPS) is 10.4. The van der Waals surface area contributed by atoms with E-state index in [9.17, 15) is 4.39 Å². The fraction of sp³-hybridized carbons (Fsp3) is 0.105. The second-order valence-electron chi connectivity index (χ2n) is 5.17. The van der Waals surface area contributed by atoms with Gasteiger partial charge in [-0.25, -0.2) is 9.37 Å². The summed E-state index contributed by atoms with van der Waals surface area (Å²) in [6, 6.07) is 18.4. The zero-order chi connectivity index (χ0) is 16.8. The van der Waals surface area contributed by atoms with Crippen LogP contribution in [-0.4, -0.2) is 4.98 Å². The van der Waals surface area contributed by atoms with E-state index in [1.165, 1.54) is 6.07 Å². The fourth-order valence-electron chi connectivity index (χ4n) is 2.16. The number of halogens is 1. The van der Waals surface area contributed by atoms with Crippen molar-refractivity contribution in [3.8, 4) is 17.4 Å². The van der Waals surface area contributed by atoms with Gasteiger partial charge in [0, 0.05) is 12.1 Å². The van der Waals surface area contributed by atoms with E-state index in [1.807, 2.05) is 42.5 Å². The second-order valence-corrected chi connectivity index (χ2v) is 5.17. The van der Waals surface area contributed by atoms with E-state index >= 15 is 0 Å². The zero-order valence-corrected chi connectivity index (χ0v) is 13.0. The lowest BCUT2D eigenvalue weighted by Crippen LogP contribution is -2.02. The van der Waals surface area contributed by atoms with Gasteiger partial charge in [-0.3, -0.25) is 0 Å². The minimum Gasteiger partial charge on any atom is -0.489 e. The van der Waals surface area contributed by atoms with E-state index < -0.39 is 5.82 Å². The first-order valence-corrected chi connectivity index (χ1v) is 7.54. The maximum absolute atomic E-state index is 13.2. The largest absolute Gasteiger partial charge is 0.489 e. The van der Waals surface area contributed by atoms with Crippen LogP contribution in [0.1, 0.15) is 11.1 Å². The van der Waals surface area contributed by atoms with Crippen LogP contribution in [-0.2, 0) is 13.2 Å². The van der Waals surface area contributed by atoms with Gasteiger partial charge in [0.15, 0.2) is 0 Å². The summed E-state index contributed by atoms with van der Waals surface area (Å²) in [4.78, 5) is 3.93. The Morgan fingerprint density at radius 1 is 0.958 bits per heavy atom. The van der Waals surface area contributed by atoms with Crippen molar-refractivity contribution in [2.75, 3.05) is 0 Å². The summed E-state index contributed by atoms with van der Waals surface area (Å²) in [6.45, 7) is 0.649.